The number of benzene rings is 2. The minimum atomic E-state index is -0.795. The van der Waals surface area contributed by atoms with E-state index in [1.165, 1.54) is 24.8 Å². The number of carboxylic acid groups (broad SMARTS) is 1. The number of piperidine rings is 1. The molecule has 4 heterocycles. The van der Waals surface area contributed by atoms with Crippen LogP contribution >= 0.6 is 23.2 Å². The van der Waals surface area contributed by atoms with Crippen LogP contribution in [0.25, 0.3) is 11.1 Å². The first-order valence-corrected chi connectivity index (χ1v) is 19.4. The summed E-state index contributed by atoms with van der Waals surface area (Å²) in [6.07, 6.45) is 12.8. The number of likely N-dealkylation sites (tertiary alicyclic amines) is 1. The van der Waals surface area contributed by atoms with Crippen LogP contribution in [0.5, 0.6) is 0 Å². The Morgan fingerprint density at radius 2 is 1.43 bits per heavy atom. The summed E-state index contributed by atoms with van der Waals surface area (Å²) in [6.45, 7) is 3.09. The Morgan fingerprint density at radius 3 is 2.06 bits per heavy atom. The van der Waals surface area contributed by atoms with Crippen molar-refractivity contribution >= 4 is 52.4 Å². The van der Waals surface area contributed by atoms with Gasteiger partial charge in [0.05, 0.1) is 21.4 Å². The number of carboxylic acids is 1. The zero-order valence-electron chi connectivity index (χ0n) is 29.4. The highest BCUT2D eigenvalue weighted by Gasteiger charge is 2.33. The molecular formula is C41H42Cl2N6O4. The van der Waals surface area contributed by atoms with Gasteiger partial charge in [0.25, 0.3) is 11.8 Å². The van der Waals surface area contributed by atoms with Gasteiger partial charge in [-0.05, 0) is 104 Å². The lowest BCUT2D eigenvalue weighted by Gasteiger charge is -2.40. The van der Waals surface area contributed by atoms with E-state index < -0.39 is 17.9 Å². The number of amides is 2. The first-order valence-electron chi connectivity index (χ1n) is 18.6. The summed E-state index contributed by atoms with van der Waals surface area (Å²) in [6, 6.07) is 14.6. The highest BCUT2D eigenvalue weighted by Crippen LogP contribution is 2.43. The Balaban J connectivity index is 0.971. The molecule has 10 nitrogen and oxygen atoms in total. The Hall–Kier alpha value is -4.35. The highest BCUT2D eigenvalue weighted by molar-refractivity contribution is 6.40. The van der Waals surface area contributed by atoms with Crippen LogP contribution in [-0.2, 0) is 24.3 Å². The third-order valence-electron chi connectivity index (χ3n) is 11.3. The largest absolute Gasteiger partial charge is 0.480 e. The minimum Gasteiger partial charge on any atom is -0.480 e. The quantitative estimate of drug-likeness (QED) is 0.148. The molecule has 4 aromatic rings. The number of nitrogens with one attached hydrogen (secondary N) is 2. The maximum Gasteiger partial charge on any atom is 0.320 e. The molecule has 2 saturated carbocycles. The molecule has 3 N–H and O–H groups in total. The molecule has 0 unspecified atom stereocenters. The zero-order chi connectivity index (χ0) is 36.6. The van der Waals surface area contributed by atoms with Gasteiger partial charge in [-0.3, -0.25) is 34.2 Å². The smallest absolute Gasteiger partial charge is 0.320 e. The van der Waals surface area contributed by atoms with Crippen molar-refractivity contribution in [3.8, 4) is 11.1 Å². The van der Waals surface area contributed by atoms with Crippen molar-refractivity contribution in [3.63, 3.8) is 0 Å². The topological polar surface area (TPSA) is 128 Å². The molecule has 2 amide bonds. The van der Waals surface area contributed by atoms with Crippen LogP contribution in [-0.4, -0.2) is 67.8 Å². The van der Waals surface area contributed by atoms with Crippen LogP contribution in [0, 0.1) is 0 Å². The van der Waals surface area contributed by atoms with E-state index >= 15 is 0 Å². The van der Waals surface area contributed by atoms with Gasteiger partial charge in [-0.15, -0.1) is 0 Å². The maximum absolute atomic E-state index is 13.6. The summed E-state index contributed by atoms with van der Waals surface area (Å²) < 4.78 is 0. The van der Waals surface area contributed by atoms with E-state index in [0.717, 1.165) is 68.4 Å². The molecular weight excluding hydrogens is 711 g/mol. The number of aromatic nitrogens is 2. The van der Waals surface area contributed by atoms with Gasteiger partial charge in [-0.1, -0.05) is 60.3 Å². The molecule has 0 spiro atoms. The zero-order valence-corrected chi connectivity index (χ0v) is 30.9. The van der Waals surface area contributed by atoms with Gasteiger partial charge in [-0.25, -0.2) is 0 Å². The summed E-state index contributed by atoms with van der Waals surface area (Å²) in [5.41, 5.74) is 6.96. The molecule has 3 fully saturated rings. The Kier molecular flexibility index (Phi) is 10.2. The number of pyridine rings is 2. The van der Waals surface area contributed by atoms with Crippen molar-refractivity contribution in [2.75, 3.05) is 23.7 Å². The predicted octanol–water partition coefficient (Wildman–Crippen LogP) is 8.18. The first-order chi connectivity index (χ1) is 25.7. The molecule has 4 aliphatic rings. The van der Waals surface area contributed by atoms with Crippen molar-refractivity contribution in [3.05, 3.63) is 105 Å². The molecule has 274 valence electrons. The molecule has 0 bridgehead atoms. The Labute approximate surface area is 318 Å². The lowest BCUT2D eigenvalue weighted by Crippen LogP contribution is -2.44. The number of hydrogen-bond donors (Lipinski definition) is 3. The lowest BCUT2D eigenvalue weighted by atomic mass is 9.89. The fraction of sp³-hybridized carbons (Fsp3) is 0.390. The van der Waals surface area contributed by atoms with Gasteiger partial charge >= 0.3 is 5.97 Å². The van der Waals surface area contributed by atoms with Crippen LogP contribution < -0.4 is 10.6 Å². The third-order valence-corrected chi connectivity index (χ3v) is 12.1. The fourth-order valence-electron chi connectivity index (χ4n) is 7.90. The van der Waals surface area contributed by atoms with E-state index in [1.807, 2.05) is 35.4 Å². The monoisotopic (exact) mass is 752 g/mol. The van der Waals surface area contributed by atoms with Crippen molar-refractivity contribution in [2.24, 2.45) is 0 Å². The van der Waals surface area contributed by atoms with Gasteiger partial charge < -0.3 is 15.7 Å². The van der Waals surface area contributed by atoms with Gasteiger partial charge in [0.15, 0.2) is 0 Å². The number of halogens is 2. The van der Waals surface area contributed by atoms with E-state index in [1.54, 1.807) is 30.5 Å². The lowest BCUT2D eigenvalue weighted by molar-refractivity contribution is -0.144. The van der Waals surface area contributed by atoms with E-state index in [9.17, 15) is 19.5 Å². The molecule has 0 radical (unpaired) electrons. The molecule has 2 aliphatic carbocycles. The molecule has 2 aromatic heterocycles. The number of carbonyl (C=O) groups is 3. The van der Waals surface area contributed by atoms with Crippen LogP contribution in [0.3, 0.4) is 0 Å². The molecule has 1 saturated heterocycles. The summed E-state index contributed by atoms with van der Waals surface area (Å²) in [5.74, 6) is -1.21. The van der Waals surface area contributed by atoms with Crippen molar-refractivity contribution in [1.82, 2.24) is 19.8 Å². The first kappa shape index (κ1) is 35.7. The second-order valence-electron chi connectivity index (χ2n) is 14.7. The number of rotatable bonds is 10. The second-order valence-corrected chi connectivity index (χ2v) is 15.5. The summed E-state index contributed by atoms with van der Waals surface area (Å²) in [4.78, 5) is 52.4. The fourth-order valence-corrected chi connectivity index (χ4v) is 8.45. The normalized spacial score (nSPS) is 19.2. The maximum atomic E-state index is 13.6. The van der Waals surface area contributed by atoms with Crippen LogP contribution in [0.15, 0.2) is 60.9 Å². The van der Waals surface area contributed by atoms with E-state index in [4.69, 9.17) is 23.2 Å². The van der Waals surface area contributed by atoms with Crippen molar-refractivity contribution in [2.45, 2.75) is 88.9 Å². The number of hydrogen-bond acceptors (Lipinski definition) is 7. The number of fused-ring (bicyclic) bond motifs is 1. The molecule has 12 heteroatoms. The molecule has 2 aliphatic heterocycles. The number of carbonyl (C=O) groups excluding carboxylic acids is 2. The Bertz CT molecular complexity index is 2080. The van der Waals surface area contributed by atoms with Gasteiger partial charge in [-0.2, -0.15) is 0 Å². The molecule has 8 rings (SSSR count). The Morgan fingerprint density at radius 1 is 0.774 bits per heavy atom. The summed E-state index contributed by atoms with van der Waals surface area (Å²) in [7, 11) is 0. The molecule has 53 heavy (non-hydrogen) atoms. The van der Waals surface area contributed by atoms with E-state index in [-0.39, 0.29) is 11.6 Å². The minimum absolute atomic E-state index is 0.264. The second kappa shape index (κ2) is 15.2. The van der Waals surface area contributed by atoms with Crippen LogP contribution in [0.1, 0.15) is 101 Å². The number of anilines is 2. The van der Waals surface area contributed by atoms with Gasteiger partial charge in [0.1, 0.15) is 17.4 Å². The SMILES string of the molecule is O=C(Nc1cccc(-c2cccc(NC(=O)c3cc(C4CC4)c(CN4CCCC[C@H]4C(=O)O)cn3)c2Cl)c1Cl)c1cc2c(cn1)CN(C1CCC1)CC2. The van der Waals surface area contributed by atoms with Gasteiger partial charge in [0.2, 0.25) is 0 Å². The average Bonchev–Trinajstić information content (AvgIpc) is 3.99. The molecule has 1 atom stereocenters. The number of aliphatic carboxylic acids is 1. The number of nitrogens with zero attached hydrogens (tertiary/aromatic N) is 4. The standard InChI is InChI=1S/C41H42Cl2N6O4/c42-37-29(8-4-10-32(37)46-39(50)34-18-25-15-17-48(28-6-3-7-28)22-26(25)20-44-34)30-9-5-11-33(38(30)43)47-40(51)35-19-31(24-13-14-24)27(21-45-35)23-49-16-2-1-12-36(49)41(52)53/h4-5,8-11,18-21,24,28,36H,1-3,6-7,12-17,22-23H2,(H,46,50)(H,47,51)(H,52,53)/t36-/m0/s1. The highest BCUT2D eigenvalue weighted by atomic mass is 35.5. The third kappa shape index (κ3) is 7.55. The van der Waals surface area contributed by atoms with E-state index in [0.29, 0.717) is 63.2 Å². The van der Waals surface area contributed by atoms with Crippen LogP contribution in [0.4, 0.5) is 11.4 Å². The predicted molar refractivity (Wildman–Crippen MR) is 206 cm³/mol. The summed E-state index contributed by atoms with van der Waals surface area (Å²) in [5, 5.41) is 16.2. The van der Waals surface area contributed by atoms with Crippen molar-refractivity contribution in [1.29, 1.82) is 0 Å². The summed E-state index contributed by atoms with van der Waals surface area (Å²) >= 11 is 13.8. The average molecular weight is 754 g/mol. The van der Waals surface area contributed by atoms with Crippen LogP contribution in [0.2, 0.25) is 10.0 Å². The molecule has 2 aromatic carbocycles. The van der Waals surface area contributed by atoms with E-state index in [2.05, 4.69) is 25.5 Å². The van der Waals surface area contributed by atoms with Gasteiger partial charge in [0, 0.05) is 49.2 Å². The van der Waals surface area contributed by atoms with Crippen molar-refractivity contribution < 1.29 is 19.5 Å².